The summed E-state index contributed by atoms with van der Waals surface area (Å²) in [6, 6.07) is 15.8. The number of allylic oxidation sites excluding steroid dienone is 1. The molecule has 0 aliphatic heterocycles. The zero-order valence-electron chi connectivity index (χ0n) is 12.3. The predicted octanol–water partition coefficient (Wildman–Crippen LogP) is 2.91. The first-order valence-electron chi connectivity index (χ1n) is 7.08. The second-order valence-corrected chi connectivity index (χ2v) is 6.87. The molecule has 0 fully saturated rings. The molecule has 0 amide bonds. The van der Waals surface area contributed by atoms with Crippen molar-refractivity contribution in [2.45, 2.75) is 11.3 Å². The van der Waals surface area contributed by atoms with Gasteiger partial charge < -0.3 is 0 Å². The van der Waals surface area contributed by atoms with Crippen molar-refractivity contribution in [1.82, 2.24) is 9.45 Å². The van der Waals surface area contributed by atoms with Crippen LogP contribution in [0.1, 0.15) is 5.56 Å². The maximum absolute atomic E-state index is 12.7. The smallest absolute Gasteiger partial charge is 0.268 e. The third-order valence-electron chi connectivity index (χ3n) is 3.56. The van der Waals surface area contributed by atoms with E-state index in [0.717, 1.165) is 10.9 Å². The van der Waals surface area contributed by atoms with E-state index in [2.05, 4.69) is 0 Å². The number of hydroxylamine groups is 1. The van der Waals surface area contributed by atoms with Crippen molar-refractivity contribution in [3.63, 3.8) is 0 Å². The number of fused-ring (bicyclic) bond motifs is 1. The van der Waals surface area contributed by atoms with Crippen LogP contribution in [-0.4, -0.2) is 17.6 Å². The van der Waals surface area contributed by atoms with Gasteiger partial charge in [0.15, 0.2) is 0 Å². The first-order chi connectivity index (χ1) is 11.1. The van der Waals surface area contributed by atoms with Crippen LogP contribution in [0.3, 0.4) is 0 Å². The fraction of sp³-hybridized carbons (Fsp3) is 0.0588. The van der Waals surface area contributed by atoms with E-state index in [0.29, 0.717) is 11.9 Å². The third-order valence-corrected chi connectivity index (χ3v) is 5.27. The van der Waals surface area contributed by atoms with Gasteiger partial charge in [0.2, 0.25) is 0 Å². The van der Waals surface area contributed by atoms with Crippen LogP contribution in [-0.2, 0) is 16.4 Å². The normalized spacial score (nSPS) is 12.0. The minimum absolute atomic E-state index is 0.263. The lowest BCUT2D eigenvalue weighted by Gasteiger charge is -2.07. The SMILES string of the molecule is O=S(=O)(c1ccccc1)n1ccc2cc(CC=CNO)ccc21. The molecular weight excluding hydrogens is 312 g/mol. The zero-order valence-corrected chi connectivity index (χ0v) is 13.1. The maximum Gasteiger partial charge on any atom is 0.268 e. The molecule has 2 aromatic carbocycles. The highest BCUT2D eigenvalue weighted by atomic mass is 32.2. The van der Waals surface area contributed by atoms with E-state index >= 15 is 0 Å². The van der Waals surface area contributed by atoms with Crippen LogP contribution in [0.25, 0.3) is 10.9 Å². The van der Waals surface area contributed by atoms with Crippen LogP contribution in [0, 0.1) is 0 Å². The quantitative estimate of drug-likeness (QED) is 0.707. The fourth-order valence-electron chi connectivity index (χ4n) is 2.46. The molecule has 5 nitrogen and oxygen atoms in total. The Hall–Kier alpha value is -2.57. The Morgan fingerprint density at radius 3 is 2.61 bits per heavy atom. The summed E-state index contributed by atoms with van der Waals surface area (Å²) in [6.07, 6.45) is 5.43. The zero-order chi connectivity index (χ0) is 16.3. The van der Waals surface area contributed by atoms with E-state index < -0.39 is 10.0 Å². The van der Waals surface area contributed by atoms with Gasteiger partial charge >= 0.3 is 0 Å². The van der Waals surface area contributed by atoms with Crippen molar-refractivity contribution < 1.29 is 13.6 Å². The van der Waals surface area contributed by atoms with E-state index in [1.807, 2.05) is 17.6 Å². The van der Waals surface area contributed by atoms with E-state index in [9.17, 15) is 8.42 Å². The molecule has 0 aliphatic rings. The van der Waals surface area contributed by atoms with Gasteiger partial charge in [-0.2, -0.15) is 0 Å². The lowest BCUT2D eigenvalue weighted by atomic mass is 10.1. The predicted molar refractivity (Wildman–Crippen MR) is 88.7 cm³/mol. The molecule has 23 heavy (non-hydrogen) atoms. The van der Waals surface area contributed by atoms with Crippen LogP contribution in [0.2, 0.25) is 0 Å². The van der Waals surface area contributed by atoms with Crippen molar-refractivity contribution in [2.24, 2.45) is 0 Å². The highest BCUT2D eigenvalue weighted by molar-refractivity contribution is 7.90. The molecule has 0 unspecified atom stereocenters. The third kappa shape index (κ3) is 2.99. The Morgan fingerprint density at radius 2 is 1.87 bits per heavy atom. The molecule has 6 heteroatoms. The molecule has 0 atom stereocenters. The summed E-state index contributed by atoms with van der Waals surface area (Å²) < 4.78 is 26.7. The van der Waals surface area contributed by atoms with Crippen LogP contribution in [0.4, 0.5) is 0 Å². The van der Waals surface area contributed by atoms with Gasteiger partial charge in [0.05, 0.1) is 10.4 Å². The van der Waals surface area contributed by atoms with Crippen molar-refractivity contribution >= 4 is 20.9 Å². The Balaban J connectivity index is 2.02. The van der Waals surface area contributed by atoms with Crippen molar-refractivity contribution in [3.8, 4) is 0 Å². The van der Waals surface area contributed by atoms with E-state index in [1.54, 1.807) is 54.7 Å². The Labute approximate surface area is 134 Å². The molecule has 0 saturated carbocycles. The molecule has 0 aliphatic carbocycles. The maximum atomic E-state index is 12.7. The molecule has 1 aromatic heterocycles. The summed E-state index contributed by atoms with van der Waals surface area (Å²) in [4.78, 5) is 0.263. The number of benzene rings is 2. The van der Waals surface area contributed by atoms with Crippen molar-refractivity contribution in [3.05, 3.63) is 78.6 Å². The van der Waals surface area contributed by atoms with Gasteiger partial charge in [0.25, 0.3) is 10.0 Å². The highest BCUT2D eigenvalue weighted by Crippen LogP contribution is 2.23. The van der Waals surface area contributed by atoms with Gasteiger partial charge in [-0.1, -0.05) is 30.3 Å². The summed E-state index contributed by atoms with van der Waals surface area (Å²) in [5.74, 6) is 0. The first-order valence-corrected chi connectivity index (χ1v) is 8.52. The van der Waals surface area contributed by atoms with Crippen LogP contribution >= 0.6 is 0 Å². The Morgan fingerprint density at radius 1 is 1.09 bits per heavy atom. The van der Waals surface area contributed by atoms with Gasteiger partial charge in [-0.05, 0) is 42.3 Å². The number of aromatic nitrogens is 1. The molecule has 1 heterocycles. The topological polar surface area (TPSA) is 71.3 Å². The molecule has 0 spiro atoms. The molecular formula is C17H16N2O3S. The summed E-state index contributed by atoms with van der Waals surface area (Å²) in [7, 11) is -3.60. The highest BCUT2D eigenvalue weighted by Gasteiger charge is 2.18. The Kier molecular flexibility index (Phi) is 4.18. The monoisotopic (exact) mass is 328 g/mol. The molecule has 0 radical (unpaired) electrons. The summed E-state index contributed by atoms with van der Waals surface area (Å²) >= 11 is 0. The van der Waals surface area contributed by atoms with Crippen LogP contribution < -0.4 is 5.48 Å². The molecule has 2 N–H and O–H groups in total. The van der Waals surface area contributed by atoms with E-state index in [4.69, 9.17) is 5.21 Å². The summed E-state index contributed by atoms with van der Waals surface area (Å²) in [6.45, 7) is 0. The largest absolute Gasteiger partial charge is 0.292 e. The van der Waals surface area contributed by atoms with Gasteiger partial charge in [0.1, 0.15) is 0 Å². The second kappa shape index (κ2) is 6.28. The second-order valence-electron chi connectivity index (χ2n) is 5.06. The summed E-state index contributed by atoms with van der Waals surface area (Å²) in [5.41, 5.74) is 3.62. The lowest BCUT2D eigenvalue weighted by Crippen LogP contribution is -2.11. The number of hydrogen-bond donors (Lipinski definition) is 2. The Bertz CT molecular complexity index is 944. The van der Waals surface area contributed by atoms with Crippen molar-refractivity contribution in [1.29, 1.82) is 0 Å². The van der Waals surface area contributed by atoms with Gasteiger partial charge in [-0.15, -0.1) is 0 Å². The van der Waals surface area contributed by atoms with Gasteiger partial charge in [0, 0.05) is 17.8 Å². The lowest BCUT2D eigenvalue weighted by molar-refractivity contribution is 0.214. The van der Waals surface area contributed by atoms with Gasteiger partial charge in [-0.25, -0.2) is 12.4 Å². The minimum atomic E-state index is -3.60. The molecule has 3 rings (SSSR count). The molecule has 118 valence electrons. The average molecular weight is 328 g/mol. The minimum Gasteiger partial charge on any atom is -0.292 e. The number of nitrogens with one attached hydrogen (secondary N) is 1. The van der Waals surface area contributed by atoms with Crippen LogP contribution in [0.15, 0.2) is 78.0 Å². The summed E-state index contributed by atoms with van der Waals surface area (Å²) in [5, 5.41) is 9.36. The van der Waals surface area contributed by atoms with E-state index in [1.165, 1.54) is 10.2 Å². The molecule has 0 saturated heterocycles. The number of hydrogen-bond acceptors (Lipinski definition) is 4. The van der Waals surface area contributed by atoms with Crippen molar-refractivity contribution in [2.75, 3.05) is 0 Å². The first kappa shape index (κ1) is 15.3. The van der Waals surface area contributed by atoms with Gasteiger partial charge in [-0.3, -0.25) is 10.7 Å². The number of nitrogens with zero attached hydrogens (tertiary/aromatic N) is 1. The number of rotatable bonds is 5. The molecule has 0 bridgehead atoms. The fourth-order valence-corrected chi connectivity index (χ4v) is 3.83. The van der Waals surface area contributed by atoms with Crippen LogP contribution in [0.5, 0.6) is 0 Å². The molecule has 3 aromatic rings. The van der Waals surface area contributed by atoms with E-state index in [-0.39, 0.29) is 4.90 Å². The average Bonchev–Trinajstić information content (AvgIpc) is 3.00. The standard InChI is InChI=1S/C17H16N2O3S/c20-18-11-4-5-14-8-9-17-15(13-14)10-12-19(17)23(21,22)16-6-2-1-3-7-16/h1-4,6-13,18,20H,5H2.